The van der Waals surface area contributed by atoms with Crippen molar-refractivity contribution in [3.8, 4) is 11.5 Å². The number of nitro groups is 1. The van der Waals surface area contributed by atoms with Crippen LogP contribution < -0.4 is 5.43 Å². The van der Waals surface area contributed by atoms with Crippen LogP contribution in [0.15, 0.2) is 46.4 Å². The standard InChI is InChI=1S/C17H18N4O7S/c22-16-3-1-2-12(17(16)23)11-18-19-14-5-4-13(10-15(14)21(24)25)29(26,27)20-6-8-28-9-7-20/h1-5,10-11,19,22-23H,6-9H2. The molecule has 1 fully saturated rings. The van der Waals surface area contributed by atoms with Gasteiger partial charge in [0, 0.05) is 24.7 Å². The molecule has 0 spiro atoms. The van der Waals surface area contributed by atoms with Gasteiger partial charge in [-0.3, -0.25) is 15.5 Å². The lowest BCUT2D eigenvalue weighted by atomic mass is 10.2. The Bertz CT molecular complexity index is 1050. The Balaban J connectivity index is 1.86. The van der Waals surface area contributed by atoms with Crippen LogP contribution in [0.3, 0.4) is 0 Å². The maximum atomic E-state index is 12.7. The predicted molar refractivity (Wildman–Crippen MR) is 104 cm³/mol. The summed E-state index contributed by atoms with van der Waals surface area (Å²) in [5, 5.41) is 34.4. The Hall–Kier alpha value is -3.22. The number of para-hydroxylation sites is 1. The number of aromatic hydroxyl groups is 2. The van der Waals surface area contributed by atoms with E-state index in [4.69, 9.17) is 4.74 Å². The number of nitro benzene ring substituents is 1. The summed E-state index contributed by atoms with van der Waals surface area (Å²) in [7, 11) is -3.89. The van der Waals surface area contributed by atoms with Crippen LogP contribution in [0.25, 0.3) is 0 Å². The maximum absolute atomic E-state index is 12.7. The fourth-order valence-corrected chi connectivity index (χ4v) is 4.11. The molecule has 1 heterocycles. The number of hydrazone groups is 1. The number of rotatable bonds is 6. The molecule has 0 radical (unpaired) electrons. The number of hydrogen-bond acceptors (Lipinski definition) is 9. The highest BCUT2D eigenvalue weighted by Crippen LogP contribution is 2.30. The van der Waals surface area contributed by atoms with Gasteiger partial charge < -0.3 is 14.9 Å². The Morgan fingerprint density at radius 1 is 1.21 bits per heavy atom. The van der Waals surface area contributed by atoms with Gasteiger partial charge in [0.05, 0.1) is 29.2 Å². The molecule has 0 aromatic heterocycles. The molecule has 3 rings (SSSR count). The van der Waals surface area contributed by atoms with E-state index in [0.29, 0.717) is 0 Å². The predicted octanol–water partition coefficient (Wildman–Crippen LogP) is 1.47. The minimum atomic E-state index is -3.89. The SMILES string of the molecule is O=[N+]([O-])c1cc(S(=O)(=O)N2CCOCC2)ccc1NN=Cc1cccc(O)c1O. The first-order valence-corrected chi connectivity index (χ1v) is 9.91. The van der Waals surface area contributed by atoms with E-state index in [0.717, 1.165) is 12.3 Å². The van der Waals surface area contributed by atoms with Gasteiger partial charge in [-0.05, 0) is 24.3 Å². The molecule has 12 heteroatoms. The van der Waals surface area contributed by atoms with Crippen molar-refractivity contribution in [1.82, 2.24) is 4.31 Å². The zero-order valence-corrected chi connectivity index (χ0v) is 15.9. The highest BCUT2D eigenvalue weighted by Gasteiger charge is 2.28. The number of hydrogen-bond donors (Lipinski definition) is 3. The number of morpholine rings is 1. The van der Waals surface area contributed by atoms with Gasteiger partial charge >= 0.3 is 0 Å². The van der Waals surface area contributed by atoms with E-state index in [-0.39, 0.29) is 53.9 Å². The Kier molecular flexibility index (Phi) is 5.96. The molecule has 11 nitrogen and oxygen atoms in total. The molecule has 1 aliphatic rings. The number of ether oxygens (including phenoxy) is 1. The molecule has 0 atom stereocenters. The van der Waals surface area contributed by atoms with Crippen molar-refractivity contribution < 1.29 is 28.3 Å². The van der Waals surface area contributed by atoms with Crippen molar-refractivity contribution in [3.05, 3.63) is 52.1 Å². The summed E-state index contributed by atoms with van der Waals surface area (Å²) in [6, 6.07) is 7.72. The highest BCUT2D eigenvalue weighted by molar-refractivity contribution is 7.89. The Labute approximate surface area is 166 Å². The molecule has 0 unspecified atom stereocenters. The molecule has 0 aliphatic carbocycles. The monoisotopic (exact) mass is 422 g/mol. The summed E-state index contributed by atoms with van der Waals surface area (Å²) in [5.41, 5.74) is 2.13. The van der Waals surface area contributed by atoms with Crippen LogP contribution in [0.2, 0.25) is 0 Å². The van der Waals surface area contributed by atoms with E-state index in [1.165, 1.54) is 34.6 Å². The third-order valence-electron chi connectivity index (χ3n) is 4.21. The van der Waals surface area contributed by atoms with Crippen LogP contribution in [0.5, 0.6) is 11.5 Å². The highest BCUT2D eigenvalue weighted by atomic mass is 32.2. The van der Waals surface area contributed by atoms with E-state index in [1.54, 1.807) is 0 Å². The van der Waals surface area contributed by atoms with Gasteiger partial charge in [-0.25, -0.2) is 8.42 Å². The van der Waals surface area contributed by atoms with Crippen molar-refractivity contribution in [1.29, 1.82) is 0 Å². The molecule has 0 saturated carbocycles. The topological polar surface area (TPSA) is 155 Å². The number of phenolic OH excluding ortho intramolecular Hbond substituents is 2. The minimum absolute atomic E-state index is 0.0354. The van der Waals surface area contributed by atoms with Gasteiger partial charge in [-0.1, -0.05) is 6.07 Å². The Morgan fingerprint density at radius 3 is 2.62 bits per heavy atom. The second-order valence-electron chi connectivity index (χ2n) is 6.04. The lowest BCUT2D eigenvalue weighted by molar-refractivity contribution is -0.384. The van der Waals surface area contributed by atoms with Crippen molar-refractivity contribution in [2.45, 2.75) is 4.90 Å². The fraction of sp³-hybridized carbons (Fsp3) is 0.235. The van der Waals surface area contributed by atoms with Gasteiger partial charge in [-0.15, -0.1) is 0 Å². The van der Waals surface area contributed by atoms with Gasteiger partial charge in [0.2, 0.25) is 10.0 Å². The first-order chi connectivity index (χ1) is 13.8. The van der Waals surface area contributed by atoms with Crippen molar-refractivity contribution in [2.75, 3.05) is 31.7 Å². The quantitative estimate of drug-likeness (QED) is 0.274. The van der Waals surface area contributed by atoms with Crippen LogP contribution in [-0.2, 0) is 14.8 Å². The smallest absolute Gasteiger partial charge is 0.295 e. The number of sulfonamides is 1. The number of nitrogens with one attached hydrogen (secondary N) is 1. The summed E-state index contributed by atoms with van der Waals surface area (Å²) in [4.78, 5) is 10.5. The van der Waals surface area contributed by atoms with E-state index in [2.05, 4.69) is 10.5 Å². The molecular formula is C17H18N4O7S. The van der Waals surface area contributed by atoms with E-state index >= 15 is 0 Å². The van der Waals surface area contributed by atoms with Crippen molar-refractivity contribution >= 4 is 27.6 Å². The lowest BCUT2D eigenvalue weighted by Crippen LogP contribution is -2.40. The first kappa shape index (κ1) is 20.5. The number of benzene rings is 2. The van der Waals surface area contributed by atoms with Gasteiger partial charge in [0.1, 0.15) is 5.69 Å². The third-order valence-corrected chi connectivity index (χ3v) is 6.10. The van der Waals surface area contributed by atoms with Crippen LogP contribution in [0.1, 0.15) is 5.56 Å². The minimum Gasteiger partial charge on any atom is -0.504 e. The van der Waals surface area contributed by atoms with E-state index in [1.807, 2.05) is 0 Å². The van der Waals surface area contributed by atoms with E-state index in [9.17, 15) is 28.7 Å². The molecule has 2 aromatic carbocycles. The summed E-state index contributed by atoms with van der Waals surface area (Å²) >= 11 is 0. The van der Waals surface area contributed by atoms with Gasteiger partial charge in [0.25, 0.3) is 5.69 Å². The Morgan fingerprint density at radius 2 is 1.93 bits per heavy atom. The molecule has 0 amide bonds. The zero-order valence-electron chi connectivity index (χ0n) is 15.1. The molecule has 29 heavy (non-hydrogen) atoms. The largest absolute Gasteiger partial charge is 0.504 e. The molecule has 0 bridgehead atoms. The van der Waals surface area contributed by atoms with Gasteiger partial charge in [0.15, 0.2) is 11.5 Å². The number of phenols is 2. The van der Waals surface area contributed by atoms with Crippen molar-refractivity contribution in [3.63, 3.8) is 0 Å². The van der Waals surface area contributed by atoms with E-state index < -0.39 is 20.6 Å². The fourth-order valence-electron chi connectivity index (χ4n) is 2.68. The summed E-state index contributed by atoms with van der Waals surface area (Å²) in [6.07, 6.45) is 1.16. The molecular weight excluding hydrogens is 404 g/mol. The molecule has 3 N–H and O–H groups in total. The summed E-state index contributed by atoms with van der Waals surface area (Å²) in [5.74, 6) is -0.725. The summed E-state index contributed by atoms with van der Waals surface area (Å²) in [6.45, 7) is 0.872. The van der Waals surface area contributed by atoms with Crippen LogP contribution in [-0.4, -0.2) is 60.4 Å². The third kappa shape index (κ3) is 4.45. The second-order valence-corrected chi connectivity index (χ2v) is 7.98. The molecule has 1 aliphatic heterocycles. The maximum Gasteiger partial charge on any atom is 0.295 e. The number of nitrogens with zero attached hydrogens (tertiary/aromatic N) is 3. The normalized spacial score (nSPS) is 15.4. The number of anilines is 1. The molecule has 1 saturated heterocycles. The molecule has 2 aromatic rings. The first-order valence-electron chi connectivity index (χ1n) is 8.47. The van der Waals surface area contributed by atoms with Gasteiger partial charge in [-0.2, -0.15) is 9.41 Å². The zero-order chi connectivity index (χ0) is 21.0. The van der Waals surface area contributed by atoms with Crippen LogP contribution in [0, 0.1) is 10.1 Å². The summed E-state index contributed by atoms with van der Waals surface area (Å²) < 4.78 is 31.7. The van der Waals surface area contributed by atoms with Crippen LogP contribution in [0.4, 0.5) is 11.4 Å². The average molecular weight is 422 g/mol. The van der Waals surface area contributed by atoms with Crippen LogP contribution >= 0.6 is 0 Å². The molecule has 154 valence electrons. The average Bonchev–Trinajstić information content (AvgIpc) is 2.71. The van der Waals surface area contributed by atoms with Crippen molar-refractivity contribution in [2.24, 2.45) is 5.10 Å². The lowest BCUT2D eigenvalue weighted by Gasteiger charge is -2.26. The second kappa shape index (κ2) is 8.43.